The molecule has 3 N–H and O–H groups in total. The zero-order valence-electron chi connectivity index (χ0n) is 20.3. The number of carbonyl (C=O) groups excluding carboxylic acids is 1. The highest BCUT2D eigenvalue weighted by molar-refractivity contribution is 6.32. The summed E-state index contributed by atoms with van der Waals surface area (Å²) in [6.07, 6.45) is 2.26. The molecule has 1 atom stereocenters. The summed E-state index contributed by atoms with van der Waals surface area (Å²) in [6.45, 7) is 6.07. The van der Waals surface area contributed by atoms with Gasteiger partial charge in [-0.2, -0.15) is 0 Å². The molecule has 0 bridgehead atoms. The second-order valence-electron chi connectivity index (χ2n) is 9.90. The minimum Gasteiger partial charge on any atom is -0.506 e. The number of phenols is 1. The van der Waals surface area contributed by atoms with E-state index >= 15 is 0 Å². The Bertz CT molecular complexity index is 1110. The number of rotatable bonds is 9. The molecule has 184 valence electrons. The fraction of sp³-hybridized carbons (Fsp3) is 0.345. The summed E-state index contributed by atoms with van der Waals surface area (Å²) in [4.78, 5) is 15.5. The Labute approximate surface area is 212 Å². The summed E-state index contributed by atoms with van der Waals surface area (Å²) >= 11 is 5.92. The van der Waals surface area contributed by atoms with E-state index in [1.165, 1.54) is 0 Å². The molecule has 3 aromatic carbocycles. The minimum atomic E-state index is -0.906. The lowest BCUT2D eigenvalue weighted by Gasteiger charge is -2.40. The third-order valence-electron chi connectivity index (χ3n) is 7.29. The number of aromatic hydroxyl groups is 1. The van der Waals surface area contributed by atoms with E-state index in [0.717, 1.165) is 37.1 Å². The molecule has 1 aliphatic heterocycles. The van der Waals surface area contributed by atoms with Gasteiger partial charge in [0.25, 0.3) is 0 Å². The molecule has 35 heavy (non-hydrogen) atoms. The summed E-state index contributed by atoms with van der Waals surface area (Å²) < 4.78 is 6.12. The molecule has 4 rings (SSSR count). The summed E-state index contributed by atoms with van der Waals surface area (Å²) in [5.74, 6) is 0.289. The molecule has 1 unspecified atom stereocenters. The van der Waals surface area contributed by atoms with Gasteiger partial charge in [-0.1, -0.05) is 72.3 Å². The standard InChI is InChI=1S/C29H33ClN2O3/c1-28(2,32-18-15-24(20-32)35-23-13-14-25(30)26(33)19-23)16-17-29(27(31)34,21-9-5-3-6-10-21)22-11-7-4-8-12-22/h3-14,19,24,33H,15-18,20H2,1-2H3,(H2,31,34). The van der Waals surface area contributed by atoms with E-state index in [4.69, 9.17) is 22.1 Å². The van der Waals surface area contributed by atoms with Crippen LogP contribution in [-0.4, -0.2) is 40.6 Å². The number of hydrogen-bond acceptors (Lipinski definition) is 4. The zero-order chi connectivity index (χ0) is 25.1. The molecule has 1 heterocycles. The average Bonchev–Trinajstić information content (AvgIpc) is 3.33. The van der Waals surface area contributed by atoms with Gasteiger partial charge in [-0.05, 0) is 56.4 Å². The van der Waals surface area contributed by atoms with Crippen molar-refractivity contribution in [2.75, 3.05) is 13.1 Å². The van der Waals surface area contributed by atoms with Crippen LogP contribution < -0.4 is 10.5 Å². The van der Waals surface area contributed by atoms with Crippen LogP contribution in [-0.2, 0) is 10.2 Å². The highest BCUT2D eigenvalue weighted by Gasteiger charge is 2.43. The number of benzene rings is 3. The highest BCUT2D eigenvalue weighted by Crippen LogP contribution is 2.40. The number of likely N-dealkylation sites (tertiary alicyclic amines) is 1. The molecule has 0 aliphatic carbocycles. The minimum absolute atomic E-state index is 0.0130. The van der Waals surface area contributed by atoms with Gasteiger partial charge >= 0.3 is 0 Å². The van der Waals surface area contributed by atoms with Crippen molar-refractivity contribution in [3.05, 3.63) is 95.0 Å². The molecule has 0 aromatic heterocycles. The molecular weight excluding hydrogens is 460 g/mol. The van der Waals surface area contributed by atoms with E-state index < -0.39 is 5.41 Å². The van der Waals surface area contributed by atoms with Crippen molar-refractivity contribution >= 4 is 17.5 Å². The van der Waals surface area contributed by atoms with Gasteiger partial charge in [0.05, 0.1) is 10.4 Å². The van der Waals surface area contributed by atoms with Crippen LogP contribution in [0.1, 0.15) is 44.2 Å². The molecule has 1 amide bonds. The highest BCUT2D eigenvalue weighted by atomic mass is 35.5. The maximum Gasteiger partial charge on any atom is 0.232 e. The third kappa shape index (κ3) is 5.31. The SMILES string of the molecule is CC(C)(CCC(C(N)=O)(c1ccccc1)c1ccccc1)N1CCC(Oc2ccc(Cl)c(O)c2)C1. The number of halogens is 1. The first-order valence-corrected chi connectivity index (χ1v) is 12.4. The molecule has 3 aromatic rings. The van der Waals surface area contributed by atoms with Crippen LogP contribution in [0.25, 0.3) is 0 Å². The second kappa shape index (κ2) is 10.3. The summed E-state index contributed by atoms with van der Waals surface area (Å²) in [5.41, 5.74) is 6.90. The Morgan fingerprint density at radius 1 is 1.03 bits per heavy atom. The van der Waals surface area contributed by atoms with Gasteiger partial charge in [0.15, 0.2) is 0 Å². The maximum absolute atomic E-state index is 13.1. The number of ether oxygens (including phenoxy) is 1. The molecular formula is C29H33ClN2O3. The molecule has 0 saturated carbocycles. The number of nitrogens with zero attached hydrogens (tertiary/aromatic N) is 1. The fourth-order valence-electron chi connectivity index (χ4n) is 5.09. The van der Waals surface area contributed by atoms with Crippen LogP contribution in [0, 0.1) is 0 Å². The van der Waals surface area contributed by atoms with Gasteiger partial charge in [-0.25, -0.2) is 0 Å². The smallest absolute Gasteiger partial charge is 0.232 e. The second-order valence-corrected chi connectivity index (χ2v) is 10.3. The molecule has 1 fully saturated rings. The van der Waals surface area contributed by atoms with E-state index in [1.54, 1.807) is 18.2 Å². The van der Waals surface area contributed by atoms with Crippen molar-refractivity contribution in [2.24, 2.45) is 5.73 Å². The third-order valence-corrected chi connectivity index (χ3v) is 7.61. The fourth-order valence-corrected chi connectivity index (χ4v) is 5.21. The maximum atomic E-state index is 13.1. The van der Waals surface area contributed by atoms with E-state index in [-0.39, 0.29) is 23.3 Å². The van der Waals surface area contributed by atoms with E-state index in [2.05, 4.69) is 18.7 Å². The lowest BCUT2D eigenvalue weighted by molar-refractivity contribution is -0.122. The predicted octanol–water partition coefficient (Wildman–Crippen LogP) is 5.53. The lowest BCUT2D eigenvalue weighted by atomic mass is 9.69. The van der Waals surface area contributed by atoms with Crippen molar-refractivity contribution in [2.45, 2.75) is 50.2 Å². The summed E-state index contributed by atoms with van der Waals surface area (Å²) in [5, 5.41) is 10.2. The Kier molecular flexibility index (Phi) is 7.39. The van der Waals surface area contributed by atoms with Gasteiger partial charge in [0.1, 0.15) is 17.6 Å². The largest absolute Gasteiger partial charge is 0.506 e. The van der Waals surface area contributed by atoms with Crippen LogP contribution in [0.5, 0.6) is 11.5 Å². The quantitative estimate of drug-likeness (QED) is 0.412. The Morgan fingerprint density at radius 2 is 1.63 bits per heavy atom. The molecule has 5 nitrogen and oxygen atoms in total. The summed E-state index contributed by atoms with van der Waals surface area (Å²) in [7, 11) is 0. The van der Waals surface area contributed by atoms with Crippen LogP contribution in [0.3, 0.4) is 0 Å². The molecule has 1 aliphatic rings. The monoisotopic (exact) mass is 492 g/mol. The van der Waals surface area contributed by atoms with Crippen LogP contribution in [0.2, 0.25) is 5.02 Å². The van der Waals surface area contributed by atoms with Crippen LogP contribution in [0.4, 0.5) is 0 Å². The molecule has 6 heteroatoms. The predicted molar refractivity (Wildman–Crippen MR) is 140 cm³/mol. The zero-order valence-corrected chi connectivity index (χ0v) is 21.0. The van der Waals surface area contributed by atoms with Crippen molar-refractivity contribution < 1.29 is 14.6 Å². The normalized spacial score (nSPS) is 16.8. The first-order valence-electron chi connectivity index (χ1n) is 12.0. The van der Waals surface area contributed by atoms with Crippen molar-refractivity contribution in [3.63, 3.8) is 0 Å². The number of nitrogens with two attached hydrogens (primary N) is 1. The molecule has 0 spiro atoms. The van der Waals surface area contributed by atoms with Crippen LogP contribution >= 0.6 is 11.6 Å². The number of hydrogen-bond donors (Lipinski definition) is 2. The number of carbonyl (C=O) groups is 1. The van der Waals surface area contributed by atoms with Crippen molar-refractivity contribution in [1.29, 1.82) is 0 Å². The Hall–Kier alpha value is -3.02. The number of phenolic OH excluding ortho intramolecular Hbond substituents is 1. The number of amides is 1. The topological polar surface area (TPSA) is 75.8 Å². The Morgan fingerprint density at radius 3 is 2.17 bits per heavy atom. The van der Waals surface area contributed by atoms with Crippen molar-refractivity contribution in [3.8, 4) is 11.5 Å². The van der Waals surface area contributed by atoms with Gasteiger partial charge in [-0.3, -0.25) is 9.69 Å². The first kappa shape index (κ1) is 25.1. The van der Waals surface area contributed by atoms with Gasteiger partial charge in [0.2, 0.25) is 5.91 Å². The van der Waals surface area contributed by atoms with E-state index in [9.17, 15) is 9.90 Å². The summed E-state index contributed by atoms with van der Waals surface area (Å²) in [6, 6.07) is 24.7. The molecule has 0 radical (unpaired) electrons. The molecule has 1 saturated heterocycles. The van der Waals surface area contributed by atoms with Crippen LogP contribution in [0.15, 0.2) is 78.9 Å². The number of primary amides is 1. The van der Waals surface area contributed by atoms with Gasteiger partial charge in [0, 0.05) is 24.7 Å². The van der Waals surface area contributed by atoms with Gasteiger partial charge in [-0.15, -0.1) is 0 Å². The van der Waals surface area contributed by atoms with E-state index in [0.29, 0.717) is 17.2 Å². The first-order chi connectivity index (χ1) is 16.7. The lowest BCUT2D eigenvalue weighted by Crippen LogP contribution is -2.47. The van der Waals surface area contributed by atoms with E-state index in [1.807, 2.05) is 60.7 Å². The average molecular weight is 493 g/mol. The van der Waals surface area contributed by atoms with Crippen molar-refractivity contribution in [1.82, 2.24) is 4.90 Å². The Balaban J connectivity index is 1.51. The van der Waals surface area contributed by atoms with Gasteiger partial charge < -0.3 is 15.6 Å².